The number of aromatic nitrogens is 3. The van der Waals surface area contributed by atoms with Gasteiger partial charge in [0.2, 0.25) is 0 Å². The topological polar surface area (TPSA) is 80.7 Å². The summed E-state index contributed by atoms with van der Waals surface area (Å²) in [6.45, 7) is 2.14. The van der Waals surface area contributed by atoms with Gasteiger partial charge < -0.3 is 14.6 Å². The third kappa shape index (κ3) is 3.78. The van der Waals surface area contributed by atoms with Crippen LogP contribution < -0.4 is 15.2 Å². The highest BCUT2D eigenvalue weighted by Gasteiger charge is 2.47. The zero-order valence-corrected chi connectivity index (χ0v) is 17.0. The van der Waals surface area contributed by atoms with Crippen molar-refractivity contribution in [3.8, 4) is 0 Å². The van der Waals surface area contributed by atoms with E-state index in [1.807, 2.05) is 24.4 Å². The summed E-state index contributed by atoms with van der Waals surface area (Å²) in [4.78, 5) is 19.9. The number of nitrogens with zero attached hydrogens (tertiary/aromatic N) is 4. The average molecular weight is 447 g/mol. The third-order valence-corrected chi connectivity index (χ3v) is 5.90. The van der Waals surface area contributed by atoms with Crippen LogP contribution in [0.15, 0.2) is 53.3 Å². The van der Waals surface area contributed by atoms with Crippen LogP contribution in [0.5, 0.6) is 0 Å². The molecule has 5 heterocycles. The number of carbonyl (C=O) groups is 1. The van der Waals surface area contributed by atoms with Crippen LogP contribution in [0.3, 0.4) is 0 Å². The summed E-state index contributed by atoms with van der Waals surface area (Å²) in [7, 11) is 0. The summed E-state index contributed by atoms with van der Waals surface area (Å²) in [6, 6.07) is 7.93. The maximum absolute atomic E-state index is 13.8. The number of fused-ring (bicyclic) bond motifs is 1. The molecule has 3 aromatic heterocycles. The highest BCUT2D eigenvalue weighted by molar-refractivity contribution is 5.93. The zero-order valence-electron chi connectivity index (χ0n) is 17.0. The maximum atomic E-state index is 13.8. The molecule has 2 aliphatic rings. The van der Waals surface area contributed by atoms with E-state index in [2.05, 4.69) is 20.3 Å². The fourth-order valence-corrected chi connectivity index (χ4v) is 4.25. The van der Waals surface area contributed by atoms with Crippen molar-refractivity contribution >= 4 is 17.5 Å². The minimum Gasteiger partial charge on any atom is -0.467 e. The fraction of sp³-hybridized carbons (Fsp3) is 0.381. The number of piperazine rings is 1. The fourth-order valence-electron chi connectivity index (χ4n) is 4.25. The molecule has 32 heavy (non-hydrogen) atoms. The van der Waals surface area contributed by atoms with Crippen molar-refractivity contribution in [2.75, 3.05) is 36.4 Å². The second kappa shape index (κ2) is 7.88. The lowest BCUT2D eigenvalue weighted by Gasteiger charge is -2.32. The minimum atomic E-state index is -4.51. The van der Waals surface area contributed by atoms with Crippen molar-refractivity contribution < 1.29 is 27.4 Å². The Morgan fingerprint density at radius 2 is 1.97 bits per heavy atom. The quantitative estimate of drug-likeness (QED) is 0.668. The third-order valence-electron chi connectivity index (χ3n) is 5.90. The Labute approximate surface area is 181 Å². The van der Waals surface area contributed by atoms with Gasteiger partial charge in [0.15, 0.2) is 11.7 Å². The Hall–Kier alpha value is -3.50. The van der Waals surface area contributed by atoms with Gasteiger partial charge >= 0.3 is 6.18 Å². The van der Waals surface area contributed by atoms with E-state index in [-0.39, 0.29) is 23.8 Å². The Kier molecular flexibility index (Phi) is 5.03. The van der Waals surface area contributed by atoms with Crippen LogP contribution in [-0.4, -0.2) is 52.9 Å². The number of pyridine rings is 1. The van der Waals surface area contributed by atoms with Crippen LogP contribution in [-0.2, 0) is 0 Å². The molecular weight excluding hydrogens is 425 g/mol. The van der Waals surface area contributed by atoms with Crippen molar-refractivity contribution in [2.45, 2.75) is 24.7 Å². The first-order valence-corrected chi connectivity index (χ1v) is 10.4. The summed E-state index contributed by atoms with van der Waals surface area (Å²) in [6.07, 6.45) is -1.52. The molecule has 2 aliphatic heterocycles. The monoisotopic (exact) mass is 447 g/mol. The van der Waals surface area contributed by atoms with Gasteiger partial charge in [0.1, 0.15) is 24.7 Å². The molecule has 3 aromatic rings. The highest BCUT2D eigenvalue weighted by Crippen LogP contribution is 2.43. The van der Waals surface area contributed by atoms with Crippen LogP contribution in [0.25, 0.3) is 0 Å². The van der Waals surface area contributed by atoms with E-state index < -0.39 is 18.3 Å². The van der Waals surface area contributed by atoms with Crippen LogP contribution in [0, 0.1) is 0 Å². The van der Waals surface area contributed by atoms with Crippen LogP contribution >= 0.6 is 0 Å². The molecular formula is C21H22F3N6O2+. The second-order valence-electron chi connectivity index (χ2n) is 7.89. The van der Waals surface area contributed by atoms with Gasteiger partial charge in [-0.05, 0) is 18.2 Å². The van der Waals surface area contributed by atoms with Gasteiger partial charge in [-0.3, -0.25) is 9.69 Å². The van der Waals surface area contributed by atoms with Crippen molar-refractivity contribution in [1.29, 1.82) is 0 Å². The standard InChI is InChI=1S/C21H21F3N6O2/c22-21(23,24)17-12-14(16-4-3-11-32-16)26-19-13-15(27-30(17)19)20(31)29-9-7-28(8-10-29)18-5-1-2-6-25-18/h1-6,11,13-14,17,26H,7-10,12H2/p+1/t14-,17+/m0/s1. The molecule has 0 saturated carbocycles. The first-order chi connectivity index (χ1) is 15.4. The zero-order chi connectivity index (χ0) is 22.3. The summed E-state index contributed by atoms with van der Waals surface area (Å²) in [5.74, 6) is 1.15. The molecule has 2 atom stereocenters. The van der Waals surface area contributed by atoms with Gasteiger partial charge in [-0.1, -0.05) is 6.07 Å². The maximum Gasteiger partial charge on any atom is 0.410 e. The van der Waals surface area contributed by atoms with Crippen molar-refractivity contribution in [3.63, 3.8) is 0 Å². The summed E-state index contributed by atoms with van der Waals surface area (Å²) in [5.41, 5.74) is 0.00145. The Balaban J connectivity index is 1.34. The predicted molar refractivity (Wildman–Crippen MR) is 108 cm³/mol. The van der Waals surface area contributed by atoms with E-state index in [0.29, 0.717) is 31.9 Å². The normalized spacial score (nSPS) is 21.2. The number of aromatic amines is 1. The van der Waals surface area contributed by atoms with Crippen LogP contribution in [0.4, 0.5) is 24.8 Å². The number of amides is 1. The average Bonchev–Trinajstić information content (AvgIpc) is 3.48. The summed E-state index contributed by atoms with van der Waals surface area (Å²) >= 11 is 0. The number of furan rings is 1. The van der Waals surface area contributed by atoms with E-state index in [0.717, 1.165) is 10.5 Å². The first-order valence-electron chi connectivity index (χ1n) is 10.4. The summed E-state index contributed by atoms with van der Waals surface area (Å²) < 4.78 is 47.5. The van der Waals surface area contributed by atoms with Gasteiger partial charge in [-0.25, -0.2) is 9.67 Å². The smallest absolute Gasteiger partial charge is 0.410 e. The Morgan fingerprint density at radius 3 is 2.62 bits per heavy atom. The number of alkyl halides is 3. The van der Waals surface area contributed by atoms with E-state index in [9.17, 15) is 18.0 Å². The predicted octanol–water partition coefficient (Wildman–Crippen LogP) is 2.91. The number of H-pyrrole nitrogens is 1. The molecule has 0 radical (unpaired) electrons. The molecule has 0 aromatic carbocycles. The van der Waals surface area contributed by atoms with Crippen LogP contribution in [0.1, 0.15) is 34.8 Å². The molecule has 2 N–H and O–H groups in total. The molecule has 168 valence electrons. The van der Waals surface area contributed by atoms with E-state index in [4.69, 9.17) is 4.42 Å². The first kappa shape index (κ1) is 20.4. The van der Waals surface area contributed by atoms with E-state index in [1.165, 1.54) is 12.3 Å². The molecule has 8 nitrogen and oxygen atoms in total. The highest BCUT2D eigenvalue weighted by atomic mass is 19.4. The van der Waals surface area contributed by atoms with Gasteiger partial charge in [-0.15, -0.1) is 0 Å². The molecule has 11 heteroatoms. The number of nitrogens with one attached hydrogen (secondary N) is 2. The van der Waals surface area contributed by atoms with E-state index in [1.54, 1.807) is 17.0 Å². The van der Waals surface area contributed by atoms with Gasteiger partial charge in [0.05, 0.1) is 31.6 Å². The molecule has 0 spiro atoms. The molecule has 0 aliphatic carbocycles. The molecule has 5 rings (SSSR count). The van der Waals surface area contributed by atoms with Crippen molar-refractivity contribution in [1.82, 2.24) is 14.7 Å². The van der Waals surface area contributed by atoms with Gasteiger partial charge in [0, 0.05) is 18.6 Å². The van der Waals surface area contributed by atoms with E-state index >= 15 is 0 Å². The van der Waals surface area contributed by atoms with Crippen molar-refractivity contribution in [2.24, 2.45) is 0 Å². The largest absolute Gasteiger partial charge is 0.467 e. The second-order valence-corrected chi connectivity index (χ2v) is 7.89. The molecule has 0 unspecified atom stereocenters. The lowest BCUT2D eigenvalue weighted by molar-refractivity contribution is -0.364. The minimum absolute atomic E-state index is 0.00145. The number of hydrogen-bond donors (Lipinski definition) is 1. The SMILES string of the molecule is O=C(c1cc2n(n1)[C@@H](C(F)(F)F)C[C@@H](c1ccco1)N2)N1CCN(c2cccc[nH+]2)CC1. The lowest BCUT2D eigenvalue weighted by Crippen LogP contribution is -2.50. The number of hydrogen-bond acceptors (Lipinski definition) is 5. The molecule has 1 saturated heterocycles. The summed E-state index contributed by atoms with van der Waals surface area (Å²) in [5, 5.41) is 7.09. The Bertz CT molecular complexity index is 1070. The number of carbonyl (C=O) groups excluding carboxylic acids is 1. The molecule has 0 bridgehead atoms. The van der Waals surface area contributed by atoms with Gasteiger partial charge in [-0.2, -0.15) is 18.3 Å². The number of halogens is 3. The molecule has 1 fully saturated rings. The number of anilines is 2. The molecule has 1 amide bonds. The van der Waals surface area contributed by atoms with Crippen molar-refractivity contribution in [3.05, 3.63) is 60.3 Å². The Morgan fingerprint density at radius 1 is 1.16 bits per heavy atom. The van der Waals surface area contributed by atoms with Crippen LogP contribution in [0.2, 0.25) is 0 Å². The lowest BCUT2D eigenvalue weighted by atomic mass is 10.0. The number of rotatable bonds is 3. The van der Waals surface area contributed by atoms with Gasteiger partial charge in [0.25, 0.3) is 11.7 Å².